The molecule has 0 amide bonds. The SMILES string of the molecule is NCCc1cccc2[nH]nc(-c3ccccc3)c12. The number of hydrogen-bond donors (Lipinski definition) is 2. The average Bonchev–Trinajstić information content (AvgIpc) is 2.85. The largest absolute Gasteiger partial charge is 0.330 e. The van der Waals surface area contributed by atoms with E-state index < -0.39 is 0 Å². The Labute approximate surface area is 106 Å². The van der Waals surface area contributed by atoms with Crippen molar-refractivity contribution in [3.8, 4) is 11.3 Å². The highest BCUT2D eigenvalue weighted by atomic mass is 15.1. The Morgan fingerprint density at radius 1 is 1.00 bits per heavy atom. The molecule has 0 fully saturated rings. The van der Waals surface area contributed by atoms with Crippen molar-refractivity contribution in [3.63, 3.8) is 0 Å². The van der Waals surface area contributed by atoms with Crippen LogP contribution in [0.15, 0.2) is 48.5 Å². The van der Waals surface area contributed by atoms with Crippen molar-refractivity contribution in [2.24, 2.45) is 5.73 Å². The van der Waals surface area contributed by atoms with Crippen LogP contribution in [-0.4, -0.2) is 16.7 Å². The topological polar surface area (TPSA) is 54.7 Å². The van der Waals surface area contributed by atoms with Gasteiger partial charge >= 0.3 is 0 Å². The summed E-state index contributed by atoms with van der Waals surface area (Å²) in [5.74, 6) is 0. The molecule has 1 heterocycles. The lowest BCUT2D eigenvalue weighted by atomic mass is 10.0. The molecule has 0 saturated heterocycles. The Bertz CT molecular complexity index is 656. The van der Waals surface area contributed by atoms with E-state index >= 15 is 0 Å². The van der Waals surface area contributed by atoms with Gasteiger partial charge in [0.1, 0.15) is 5.69 Å². The Balaban J connectivity index is 2.24. The zero-order valence-corrected chi connectivity index (χ0v) is 10.1. The first-order valence-electron chi connectivity index (χ1n) is 6.11. The van der Waals surface area contributed by atoms with Gasteiger partial charge in [0.25, 0.3) is 0 Å². The van der Waals surface area contributed by atoms with Gasteiger partial charge in [-0.25, -0.2) is 0 Å². The van der Waals surface area contributed by atoms with E-state index in [0.717, 1.165) is 23.2 Å². The molecule has 0 aliphatic carbocycles. The lowest BCUT2D eigenvalue weighted by molar-refractivity contribution is 0.978. The van der Waals surface area contributed by atoms with Crippen molar-refractivity contribution < 1.29 is 0 Å². The number of fused-ring (bicyclic) bond motifs is 1. The van der Waals surface area contributed by atoms with Gasteiger partial charge in [0.15, 0.2) is 0 Å². The number of aromatic amines is 1. The van der Waals surface area contributed by atoms with Crippen LogP contribution >= 0.6 is 0 Å². The molecule has 3 heteroatoms. The van der Waals surface area contributed by atoms with Gasteiger partial charge in [-0.15, -0.1) is 0 Å². The maximum Gasteiger partial charge on any atom is 0.100 e. The molecule has 3 N–H and O–H groups in total. The van der Waals surface area contributed by atoms with Crippen LogP contribution in [0.5, 0.6) is 0 Å². The fourth-order valence-corrected chi connectivity index (χ4v) is 2.31. The van der Waals surface area contributed by atoms with Gasteiger partial charge in [-0.2, -0.15) is 5.10 Å². The van der Waals surface area contributed by atoms with Gasteiger partial charge in [-0.1, -0.05) is 42.5 Å². The van der Waals surface area contributed by atoms with Gasteiger partial charge in [0.05, 0.1) is 5.52 Å². The first-order valence-corrected chi connectivity index (χ1v) is 6.11. The van der Waals surface area contributed by atoms with Gasteiger partial charge in [0, 0.05) is 10.9 Å². The first-order chi connectivity index (χ1) is 8.90. The third-order valence-corrected chi connectivity index (χ3v) is 3.14. The van der Waals surface area contributed by atoms with E-state index in [9.17, 15) is 0 Å². The normalized spacial score (nSPS) is 10.9. The van der Waals surface area contributed by atoms with Crippen LogP contribution < -0.4 is 5.73 Å². The zero-order chi connectivity index (χ0) is 12.4. The quantitative estimate of drug-likeness (QED) is 0.736. The van der Waals surface area contributed by atoms with Crippen LogP contribution in [0.2, 0.25) is 0 Å². The molecule has 1 aromatic heterocycles. The number of nitrogens with one attached hydrogen (secondary N) is 1. The van der Waals surface area contributed by atoms with E-state index in [1.54, 1.807) is 0 Å². The Morgan fingerprint density at radius 2 is 1.83 bits per heavy atom. The monoisotopic (exact) mass is 237 g/mol. The van der Waals surface area contributed by atoms with Crippen molar-refractivity contribution >= 4 is 10.9 Å². The maximum absolute atomic E-state index is 5.68. The van der Waals surface area contributed by atoms with E-state index in [1.165, 1.54) is 10.9 Å². The minimum Gasteiger partial charge on any atom is -0.330 e. The molecule has 0 unspecified atom stereocenters. The van der Waals surface area contributed by atoms with Crippen molar-refractivity contribution in [1.82, 2.24) is 10.2 Å². The Morgan fingerprint density at radius 3 is 2.61 bits per heavy atom. The Kier molecular flexibility index (Phi) is 2.82. The molecule has 90 valence electrons. The van der Waals surface area contributed by atoms with Gasteiger partial charge in [-0.3, -0.25) is 5.10 Å². The molecule has 0 atom stereocenters. The first kappa shape index (κ1) is 11.0. The summed E-state index contributed by atoms with van der Waals surface area (Å²) in [5.41, 5.74) is 10.1. The van der Waals surface area contributed by atoms with Crippen molar-refractivity contribution in [2.45, 2.75) is 6.42 Å². The fraction of sp³-hybridized carbons (Fsp3) is 0.133. The third kappa shape index (κ3) is 1.79. The predicted molar refractivity (Wildman–Crippen MR) is 74.3 cm³/mol. The minimum absolute atomic E-state index is 0.651. The van der Waals surface area contributed by atoms with Crippen molar-refractivity contribution in [2.75, 3.05) is 6.54 Å². The van der Waals surface area contributed by atoms with E-state index in [4.69, 9.17) is 5.73 Å². The lowest BCUT2D eigenvalue weighted by Crippen LogP contribution is -2.03. The van der Waals surface area contributed by atoms with E-state index in [2.05, 4.69) is 34.5 Å². The van der Waals surface area contributed by atoms with E-state index in [0.29, 0.717) is 6.54 Å². The zero-order valence-electron chi connectivity index (χ0n) is 10.1. The maximum atomic E-state index is 5.68. The molecule has 3 rings (SSSR count). The molecule has 18 heavy (non-hydrogen) atoms. The molecule has 0 aliphatic rings. The Hall–Kier alpha value is -2.13. The second-order valence-corrected chi connectivity index (χ2v) is 4.32. The summed E-state index contributed by atoms with van der Waals surface area (Å²) in [5, 5.41) is 8.73. The summed E-state index contributed by atoms with van der Waals surface area (Å²) in [6.45, 7) is 0.651. The van der Waals surface area contributed by atoms with Crippen LogP contribution in [0.1, 0.15) is 5.56 Å². The van der Waals surface area contributed by atoms with Crippen LogP contribution in [0.25, 0.3) is 22.2 Å². The standard InChI is InChI=1S/C15H15N3/c16-10-9-11-7-4-8-13-14(11)15(18-17-13)12-5-2-1-3-6-12/h1-8H,9-10,16H2,(H,17,18). The molecule has 3 aromatic rings. The van der Waals surface area contributed by atoms with E-state index in [-0.39, 0.29) is 0 Å². The molecular weight excluding hydrogens is 222 g/mol. The molecule has 0 aliphatic heterocycles. The van der Waals surface area contributed by atoms with Crippen LogP contribution in [-0.2, 0) is 6.42 Å². The van der Waals surface area contributed by atoms with Gasteiger partial charge in [-0.05, 0) is 24.6 Å². The number of aromatic nitrogens is 2. The average molecular weight is 237 g/mol. The summed E-state index contributed by atoms with van der Waals surface area (Å²) in [4.78, 5) is 0. The van der Waals surface area contributed by atoms with Crippen LogP contribution in [0.3, 0.4) is 0 Å². The van der Waals surface area contributed by atoms with Gasteiger partial charge in [0.2, 0.25) is 0 Å². The highest BCUT2D eigenvalue weighted by molar-refractivity contribution is 5.95. The number of hydrogen-bond acceptors (Lipinski definition) is 2. The third-order valence-electron chi connectivity index (χ3n) is 3.14. The highest BCUT2D eigenvalue weighted by Crippen LogP contribution is 2.28. The second-order valence-electron chi connectivity index (χ2n) is 4.32. The summed E-state index contributed by atoms with van der Waals surface area (Å²) in [7, 11) is 0. The molecule has 0 bridgehead atoms. The summed E-state index contributed by atoms with van der Waals surface area (Å²) >= 11 is 0. The van der Waals surface area contributed by atoms with Crippen LogP contribution in [0.4, 0.5) is 0 Å². The highest BCUT2D eigenvalue weighted by Gasteiger charge is 2.10. The lowest BCUT2D eigenvalue weighted by Gasteiger charge is -2.03. The molecular formula is C15H15N3. The van der Waals surface area contributed by atoms with Gasteiger partial charge < -0.3 is 5.73 Å². The molecule has 0 spiro atoms. The number of benzene rings is 2. The molecule has 0 saturated carbocycles. The summed E-state index contributed by atoms with van der Waals surface area (Å²) < 4.78 is 0. The van der Waals surface area contributed by atoms with Crippen molar-refractivity contribution in [3.05, 3.63) is 54.1 Å². The predicted octanol–water partition coefficient (Wildman–Crippen LogP) is 2.73. The number of H-pyrrole nitrogens is 1. The van der Waals surface area contributed by atoms with Crippen molar-refractivity contribution in [1.29, 1.82) is 0 Å². The number of rotatable bonds is 3. The summed E-state index contributed by atoms with van der Waals surface area (Å²) in [6.07, 6.45) is 0.872. The smallest absolute Gasteiger partial charge is 0.100 e. The minimum atomic E-state index is 0.651. The molecule has 0 radical (unpaired) electrons. The molecule has 3 nitrogen and oxygen atoms in total. The number of nitrogens with zero attached hydrogens (tertiary/aromatic N) is 1. The second kappa shape index (κ2) is 4.63. The van der Waals surface area contributed by atoms with Crippen LogP contribution in [0, 0.1) is 0 Å². The fourth-order valence-electron chi connectivity index (χ4n) is 2.31. The number of nitrogens with two attached hydrogens (primary N) is 1. The van der Waals surface area contributed by atoms with E-state index in [1.807, 2.05) is 24.3 Å². The summed E-state index contributed by atoms with van der Waals surface area (Å²) in [6, 6.07) is 16.4. The molecule has 2 aromatic carbocycles.